The summed E-state index contributed by atoms with van der Waals surface area (Å²) in [5.41, 5.74) is 7.27. The Kier molecular flexibility index (Phi) is 9.90. The number of hydrogen-bond donors (Lipinski definition) is 1. The molecule has 0 unspecified atom stereocenters. The summed E-state index contributed by atoms with van der Waals surface area (Å²) in [6.45, 7) is 7.98. The van der Waals surface area contributed by atoms with Gasteiger partial charge >= 0.3 is 0 Å². The van der Waals surface area contributed by atoms with E-state index in [9.17, 15) is 0 Å². The number of ether oxygens (including phenoxy) is 2. The molecule has 0 aliphatic carbocycles. The normalized spacial score (nSPS) is 14.9. The van der Waals surface area contributed by atoms with Gasteiger partial charge in [-0.05, 0) is 57.2 Å². The third kappa shape index (κ3) is 6.37. The number of rotatable bonds is 7. The van der Waals surface area contributed by atoms with Crippen molar-refractivity contribution in [2.75, 3.05) is 32.8 Å². The lowest BCUT2D eigenvalue weighted by Gasteiger charge is -2.27. The molecule has 2 N–H and O–H groups in total. The van der Waals surface area contributed by atoms with E-state index in [1.165, 1.54) is 24.8 Å². The van der Waals surface area contributed by atoms with Crippen LogP contribution in [0, 0.1) is 0 Å². The highest BCUT2D eigenvalue weighted by molar-refractivity contribution is 14.0. The molecule has 5 nitrogen and oxygen atoms in total. The number of benzene rings is 1. The fourth-order valence-electron chi connectivity index (χ4n) is 2.77. The molecule has 1 fully saturated rings. The van der Waals surface area contributed by atoms with Crippen LogP contribution in [-0.2, 0) is 6.42 Å². The number of likely N-dealkylation sites (tertiary alicyclic amines) is 1. The first kappa shape index (κ1) is 20.9. The van der Waals surface area contributed by atoms with Crippen LogP contribution >= 0.6 is 24.0 Å². The molecule has 1 saturated heterocycles. The van der Waals surface area contributed by atoms with Crippen LogP contribution in [0.3, 0.4) is 0 Å². The summed E-state index contributed by atoms with van der Waals surface area (Å²) in [5.74, 6) is 2.29. The predicted molar refractivity (Wildman–Crippen MR) is 110 cm³/mol. The van der Waals surface area contributed by atoms with E-state index in [1.54, 1.807) is 0 Å². The maximum atomic E-state index is 6.09. The second-order valence-electron chi connectivity index (χ2n) is 5.68. The highest BCUT2D eigenvalue weighted by Crippen LogP contribution is 2.28. The zero-order valence-corrected chi connectivity index (χ0v) is 17.1. The Bertz CT molecular complexity index is 517. The van der Waals surface area contributed by atoms with Crippen molar-refractivity contribution in [3.05, 3.63) is 23.8 Å². The summed E-state index contributed by atoms with van der Waals surface area (Å²) >= 11 is 0. The highest BCUT2D eigenvalue weighted by atomic mass is 127. The Morgan fingerprint density at radius 1 is 1.08 bits per heavy atom. The number of nitrogens with two attached hydrogens (primary N) is 1. The molecule has 24 heavy (non-hydrogen) atoms. The molecule has 1 aliphatic heterocycles. The lowest BCUT2D eigenvalue weighted by Crippen LogP contribution is -2.41. The van der Waals surface area contributed by atoms with Gasteiger partial charge in [-0.2, -0.15) is 0 Å². The van der Waals surface area contributed by atoms with Gasteiger partial charge in [-0.3, -0.25) is 4.99 Å². The molecule has 1 aromatic carbocycles. The number of aliphatic imine (C=N–C) groups is 1. The van der Waals surface area contributed by atoms with Gasteiger partial charge in [0.25, 0.3) is 0 Å². The van der Waals surface area contributed by atoms with E-state index in [4.69, 9.17) is 15.2 Å². The molecule has 6 heteroatoms. The molecule has 1 heterocycles. The van der Waals surface area contributed by atoms with E-state index >= 15 is 0 Å². The van der Waals surface area contributed by atoms with Gasteiger partial charge in [-0.1, -0.05) is 6.07 Å². The molecule has 0 spiro atoms. The minimum atomic E-state index is 0. The topological polar surface area (TPSA) is 60.1 Å². The van der Waals surface area contributed by atoms with Crippen molar-refractivity contribution < 1.29 is 9.47 Å². The average molecular weight is 447 g/mol. The minimum Gasteiger partial charge on any atom is -0.490 e. The standard InChI is InChI=1S/C18H29N3O2.HI/c1-3-22-16-9-8-15(14-17(16)23-4-2)10-11-20-18(19)21-12-6-5-7-13-21;/h8-9,14H,3-7,10-13H2,1-2H3,(H2,19,20);1H. The maximum absolute atomic E-state index is 6.09. The van der Waals surface area contributed by atoms with E-state index in [2.05, 4.69) is 16.0 Å². The third-order valence-electron chi connectivity index (χ3n) is 3.96. The van der Waals surface area contributed by atoms with Crippen LogP contribution in [0.5, 0.6) is 11.5 Å². The van der Waals surface area contributed by atoms with Gasteiger partial charge in [0.05, 0.1) is 13.2 Å². The SMILES string of the molecule is CCOc1ccc(CCN=C(N)N2CCCCC2)cc1OCC.I. The molecule has 0 atom stereocenters. The van der Waals surface area contributed by atoms with E-state index < -0.39 is 0 Å². The predicted octanol–water partition coefficient (Wildman–Crippen LogP) is 3.45. The monoisotopic (exact) mass is 447 g/mol. The molecule has 2 rings (SSSR count). The highest BCUT2D eigenvalue weighted by Gasteiger charge is 2.11. The van der Waals surface area contributed by atoms with Crippen molar-refractivity contribution >= 4 is 29.9 Å². The zero-order valence-electron chi connectivity index (χ0n) is 14.8. The quantitative estimate of drug-likeness (QED) is 0.395. The second-order valence-corrected chi connectivity index (χ2v) is 5.68. The van der Waals surface area contributed by atoms with Crippen LogP contribution in [0.25, 0.3) is 0 Å². The van der Waals surface area contributed by atoms with E-state index in [0.717, 1.165) is 31.0 Å². The van der Waals surface area contributed by atoms with Crippen LogP contribution in [-0.4, -0.2) is 43.7 Å². The van der Waals surface area contributed by atoms with Gasteiger partial charge in [0.1, 0.15) is 0 Å². The molecule has 0 bridgehead atoms. The molecule has 0 aromatic heterocycles. The van der Waals surface area contributed by atoms with Gasteiger partial charge < -0.3 is 20.1 Å². The molecule has 1 aliphatic rings. The Labute approximate surface area is 162 Å². The summed E-state index contributed by atoms with van der Waals surface area (Å²) in [5, 5.41) is 0. The Morgan fingerprint density at radius 2 is 1.75 bits per heavy atom. The summed E-state index contributed by atoms with van der Waals surface area (Å²) in [6, 6.07) is 6.09. The summed E-state index contributed by atoms with van der Waals surface area (Å²) in [6.07, 6.45) is 4.58. The van der Waals surface area contributed by atoms with Gasteiger partial charge in [-0.25, -0.2) is 0 Å². The second kappa shape index (κ2) is 11.4. The third-order valence-corrected chi connectivity index (χ3v) is 3.96. The number of piperidine rings is 1. The fraction of sp³-hybridized carbons (Fsp3) is 0.611. The van der Waals surface area contributed by atoms with Crippen LogP contribution in [0.15, 0.2) is 23.2 Å². The van der Waals surface area contributed by atoms with Crippen LogP contribution in [0.1, 0.15) is 38.7 Å². The summed E-state index contributed by atoms with van der Waals surface area (Å²) < 4.78 is 11.2. The van der Waals surface area contributed by atoms with Crippen molar-refractivity contribution in [1.82, 2.24) is 4.90 Å². The van der Waals surface area contributed by atoms with Crippen molar-refractivity contribution in [3.63, 3.8) is 0 Å². The summed E-state index contributed by atoms with van der Waals surface area (Å²) in [7, 11) is 0. The van der Waals surface area contributed by atoms with Crippen LogP contribution in [0.4, 0.5) is 0 Å². The number of hydrogen-bond acceptors (Lipinski definition) is 3. The summed E-state index contributed by atoms with van der Waals surface area (Å²) in [4.78, 5) is 6.71. The number of halogens is 1. The molecule has 0 saturated carbocycles. The zero-order chi connectivity index (χ0) is 16.5. The molecule has 0 amide bonds. The van der Waals surface area contributed by atoms with Crippen LogP contribution < -0.4 is 15.2 Å². The smallest absolute Gasteiger partial charge is 0.191 e. The largest absolute Gasteiger partial charge is 0.490 e. The first-order valence-electron chi connectivity index (χ1n) is 8.68. The first-order valence-corrected chi connectivity index (χ1v) is 8.68. The first-order chi connectivity index (χ1) is 11.2. The van der Waals surface area contributed by atoms with Crippen molar-refractivity contribution in [3.8, 4) is 11.5 Å². The van der Waals surface area contributed by atoms with E-state index in [1.807, 2.05) is 26.0 Å². The van der Waals surface area contributed by atoms with Crippen molar-refractivity contribution in [1.29, 1.82) is 0 Å². The Morgan fingerprint density at radius 3 is 2.42 bits per heavy atom. The lowest BCUT2D eigenvalue weighted by atomic mass is 10.1. The molecular weight excluding hydrogens is 417 g/mol. The van der Waals surface area contributed by atoms with Crippen molar-refractivity contribution in [2.45, 2.75) is 39.5 Å². The van der Waals surface area contributed by atoms with Gasteiger partial charge in [0, 0.05) is 19.6 Å². The average Bonchev–Trinajstić information content (AvgIpc) is 2.58. The van der Waals surface area contributed by atoms with Gasteiger partial charge in [-0.15, -0.1) is 24.0 Å². The van der Waals surface area contributed by atoms with Crippen LogP contribution in [0.2, 0.25) is 0 Å². The molecular formula is C18H30IN3O2. The molecule has 136 valence electrons. The van der Waals surface area contributed by atoms with Crippen molar-refractivity contribution in [2.24, 2.45) is 10.7 Å². The lowest BCUT2D eigenvalue weighted by molar-refractivity contribution is 0.287. The number of guanidine groups is 1. The Balaban J connectivity index is 0.00000288. The van der Waals surface area contributed by atoms with Gasteiger partial charge in [0.2, 0.25) is 0 Å². The van der Waals surface area contributed by atoms with Gasteiger partial charge in [0.15, 0.2) is 17.5 Å². The maximum Gasteiger partial charge on any atom is 0.191 e. The van der Waals surface area contributed by atoms with E-state index in [-0.39, 0.29) is 24.0 Å². The Hall–Kier alpha value is -1.18. The number of nitrogens with zero attached hydrogens (tertiary/aromatic N) is 2. The molecule has 1 aromatic rings. The van der Waals surface area contributed by atoms with E-state index in [0.29, 0.717) is 25.7 Å². The minimum absolute atomic E-state index is 0. The molecule has 0 radical (unpaired) electrons. The fourth-order valence-corrected chi connectivity index (χ4v) is 2.77.